The highest BCUT2D eigenvalue weighted by atomic mass is 32.1. The lowest BCUT2D eigenvalue weighted by Gasteiger charge is -2.27. The Kier molecular flexibility index (Phi) is 8.04. The van der Waals surface area contributed by atoms with Crippen molar-refractivity contribution in [3.05, 3.63) is 71.0 Å². The SMILES string of the molecule is CCC(C)NC(=O)c1ccc(Oc2nc(Cc3ccccc3)ns2)c(CN2CCOCC2)c1. The van der Waals surface area contributed by atoms with Gasteiger partial charge in [0.15, 0.2) is 5.82 Å². The highest BCUT2D eigenvalue weighted by Gasteiger charge is 2.18. The molecule has 1 amide bonds. The smallest absolute Gasteiger partial charge is 0.298 e. The number of carbonyl (C=O) groups excluding carboxylic acids is 1. The summed E-state index contributed by atoms with van der Waals surface area (Å²) in [5.74, 6) is 1.37. The van der Waals surface area contributed by atoms with Crippen LogP contribution in [0.5, 0.6) is 10.9 Å². The third-order valence-electron chi connectivity index (χ3n) is 5.66. The first-order chi connectivity index (χ1) is 16.1. The van der Waals surface area contributed by atoms with Gasteiger partial charge in [-0.2, -0.15) is 9.36 Å². The summed E-state index contributed by atoms with van der Waals surface area (Å²) < 4.78 is 16.1. The second-order valence-electron chi connectivity index (χ2n) is 8.23. The van der Waals surface area contributed by atoms with Crippen LogP contribution in [-0.4, -0.2) is 52.5 Å². The molecule has 1 aliphatic heterocycles. The first-order valence-electron chi connectivity index (χ1n) is 11.4. The van der Waals surface area contributed by atoms with E-state index in [2.05, 4.69) is 38.6 Å². The van der Waals surface area contributed by atoms with Crippen molar-refractivity contribution in [1.82, 2.24) is 19.6 Å². The molecule has 4 rings (SSSR count). The molecule has 33 heavy (non-hydrogen) atoms. The van der Waals surface area contributed by atoms with Crippen LogP contribution in [0.1, 0.15) is 47.6 Å². The van der Waals surface area contributed by atoms with Crippen molar-refractivity contribution >= 4 is 17.4 Å². The van der Waals surface area contributed by atoms with Gasteiger partial charge in [-0.15, -0.1) is 0 Å². The van der Waals surface area contributed by atoms with E-state index in [1.807, 2.05) is 43.3 Å². The van der Waals surface area contributed by atoms with Crippen molar-refractivity contribution in [1.29, 1.82) is 0 Å². The summed E-state index contributed by atoms with van der Waals surface area (Å²) in [4.78, 5) is 19.6. The third kappa shape index (κ3) is 6.60. The molecule has 1 saturated heterocycles. The summed E-state index contributed by atoms with van der Waals surface area (Å²) in [6.07, 6.45) is 1.55. The van der Waals surface area contributed by atoms with Crippen LogP contribution in [0.4, 0.5) is 0 Å². The summed E-state index contributed by atoms with van der Waals surface area (Å²) in [5, 5.41) is 3.54. The molecular formula is C25H30N4O3S. The van der Waals surface area contributed by atoms with E-state index in [-0.39, 0.29) is 11.9 Å². The minimum atomic E-state index is -0.0693. The van der Waals surface area contributed by atoms with E-state index in [1.54, 1.807) is 0 Å². The normalized spacial score (nSPS) is 15.2. The lowest BCUT2D eigenvalue weighted by atomic mass is 10.1. The van der Waals surface area contributed by atoms with Gasteiger partial charge in [-0.3, -0.25) is 9.69 Å². The number of nitrogens with zero attached hydrogens (tertiary/aromatic N) is 3. The molecule has 0 spiro atoms. The van der Waals surface area contributed by atoms with Crippen molar-refractivity contribution in [3.8, 4) is 10.9 Å². The standard InChI is InChI=1S/C25H30N4O3S/c1-3-18(2)26-24(30)20-9-10-22(21(16-20)17-29-11-13-31-14-12-29)32-25-27-23(28-33-25)15-19-7-5-4-6-8-19/h4-10,16,18H,3,11-15,17H2,1-2H3,(H,26,30). The van der Waals surface area contributed by atoms with E-state index < -0.39 is 0 Å². The zero-order valence-electron chi connectivity index (χ0n) is 19.1. The minimum absolute atomic E-state index is 0.0693. The van der Waals surface area contributed by atoms with Crippen molar-refractivity contribution < 1.29 is 14.3 Å². The number of hydrogen-bond acceptors (Lipinski definition) is 7. The molecular weight excluding hydrogens is 436 g/mol. The van der Waals surface area contributed by atoms with Gasteiger partial charge in [-0.25, -0.2) is 0 Å². The fourth-order valence-electron chi connectivity index (χ4n) is 3.58. The molecule has 1 aromatic heterocycles. The molecule has 7 nitrogen and oxygen atoms in total. The molecule has 174 valence electrons. The Morgan fingerprint density at radius 1 is 1.21 bits per heavy atom. The summed E-state index contributed by atoms with van der Waals surface area (Å²) in [6.45, 7) is 7.87. The largest absolute Gasteiger partial charge is 0.430 e. The van der Waals surface area contributed by atoms with Crippen molar-refractivity contribution in [2.24, 2.45) is 0 Å². The van der Waals surface area contributed by atoms with Gasteiger partial charge in [0.1, 0.15) is 5.75 Å². The van der Waals surface area contributed by atoms with Crippen LogP contribution in [0.2, 0.25) is 0 Å². The van der Waals surface area contributed by atoms with E-state index in [1.165, 1.54) is 11.5 Å². The zero-order valence-corrected chi connectivity index (χ0v) is 19.9. The Morgan fingerprint density at radius 2 is 2.00 bits per heavy atom. The fourth-order valence-corrected chi connectivity index (χ4v) is 4.14. The van der Waals surface area contributed by atoms with Crippen LogP contribution in [-0.2, 0) is 17.7 Å². The van der Waals surface area contributed by atoms with Crippen molar-refractivity contribution in [2.45, 2.75) is 39.3 Å². The molecule has 2 aromatic carbocycles. The predicted octanol–water partition coefficient (Wildman–Crippen LogP) is 4.28. The van der Waals surface area contributed by atoms with E-state index in [9.17, 15) is 4.79 Å². The minimum Gasteiger partial charge on any atom is -0.430 e. The highest BCUT2D eigenvalue weighted by molar-refractivity contribution is 7.07. The number of nitrogens with one attached hydrogen (secondary N) is 1. The second-order valence-corrected chi connectivity index (χ2v) is 8.95. The maximum atomic E-state index is 12.7. The number of morpholine rings is 1. The monoisotopic (exact) mass is 466 g/mol. The maximum Gasteiger partial charge on any atom is 0.298 e. The van der Waals surface area contributed by atoms with Gasteiger partial charge in [0, 0.05) is 54.8 Å². The predicted molar refractivity (Wildman–Crippen MR) is 129 cm³/mol. The Bertz CT molecular complexity index is 1050. The van der Waals surface area contributed by atoms with Crippen LogP contribution < -0.4 is 10.1 Å². The lowest BCUT2D eigenvalue weighted by molar-refractivity contribution is 0.0339. The summed E-state index contributed by atoms with van der Waals surface area (Å²) >= 11 is 1.24. The van der Waals surface area contributed by atoms with E-state index in [0.717, 1.165) is 36.5 Å². The zero-order chi connectivity index (χ0) is 23.0. The molecule has 1 atom stereocenters. The maximum absolute atomic E-state index is 12.7. The van der Waals surface area contributed by atoms with Gasteiger partial charge in [-0.05, 0) is 37.1 Å². The molecule has 1 fully saturated rings. The first-order valence-corrected chi connectivity index (χ1v) is 12.2. The van der Waals surface area contributed by atoms with E-state index in [0.29, 0.717) is 42.7 Å². The molecule has 0 saturated carbocycles. The molecule has 0 radical (unpaired) electrons. The summed E-state index contributed by atoms with van der Waals surface area (Å²) in [5.41, 5.74) is 2.74. The van der Waals surface area contributed by atoms with Crippen molar-refractivity contribution in [3.63, 3.8) is 0 Å². The number of amides is 1. The Morgan fingerprint density at radius 3 is 2.76 bits per heavy atom. The third-order valence-corrected chi connectivity index (χ3v) is 6.29. The first kappa shape index (κ1) is 23.4. The number of rotatable bonds is 9. The fraction of sp³-hybridized carbons (Fsp3) is 0.400. The summed E-state index contributed by atoms with van der Waals surface area (Å²) in [7, 11) is 0. The van der Waals surface area contributed by atoms with Crippen LogP contribution in [0.15, 0.2) is 48.5 Å². The van der Waals surface area contributed by atoms with Gasteiger partial charge >= 0.3 is 0 Å². The van der Waals surface area contributed by atoms with Crippen LogP contribution in [0.3, 0.4) is 0 Å². The molecule has 8 heteroatoms. The second kappa shape index (κ2) is 11.4. The Balaban J connectivity index is 1.52. The highest BCUT2D eigenvalue weighted by Crippen LogP contribution is 2.29. The molecule has 1 aliphatic rings. The average molecular weight is 467 g/mol. The molecule has 0 bridgehead atoms. The quantitative estimate of drug-likeness (QED) is 0.507. The van der Waals surface area contributed by atoms with E-state index >= 15 is 0 Å². The Labute approximate surface area is 198 Å². The van der Waals surface area contributed by atoms with E-state index in [4.69, 9.17) is 9.47 Å². The lowest BCUT2D eigenvalue weighted by Crippen LogP contribution is -2.36. The van der Waals surface area contributed by atoms with Crippen LogP contribution in [0.25, 0.3) is 0 Å². The van der Waals surface area contributed by atoms with Crippen molar-refractivity contribution in [2.75, 3.05) is 26.3 Å². The average Bonchev–Trinajstić information content (AvgIpc) is 3.28. The van der Waals surface area contributed by atoms with Crippen LogP contribution >= 0.6 is 11.5 Å². The molecule has 1 N–H and O–H groups in total. The number of hydrogen-bond donors (Lipinski definition) is 1. The van der Waals surface area contributed by atoms with Crippen LogP contribution in [0, 0.1) is 0 Å². The van der Waals surface area contributed by atoms with Gasteiger partial charge in [0.2, 0.25) is 0 Å². The molecule has 3 aromatic rings. The molecule has 2 heterocycles. The molecule has 0 aliphatic carbocycles. The number of carbonyl (C=O) groups is 1. The topological polar surface area (TPSA) is 76.6 Å². The van der Waals surface area contributed by atoms with Gasteiger partial charge in [0.25, 0.3) is 11.1 Å². The van der Waals surface area contributed by atoms with Gasteiger partial charge < -0.3 is 14.8 Å². The number of aromatic nitrogens is 2. The number of benzene rings is 2. The van der Waals surface area contributed by atoms with Gasteiger partial charge in [0.05, 0.1) is 13.2 Å². The Hall–Kier alpha value is -2.81. The van der Waals surface area contributed by atoms with Gasteiger partial charge in [-0.1, -0.05) is 37.3 Å². The summed E-state index contributed by atoms with van der Waals surface area (Å²) in [6, 6.07) is 15.9. The molecule has 1 unspecified atom stereocenters. The number of ether oxygens (including phenoxy) is 2.